The Labute approximate surface area is 137 Å². The van der Waals surface area contributed by atoms with Crippen LogP contribution in [-0.2, 0) is 4.79 Å². The molecule has 1 aliphatic heterocycles. The molecule has 2 N–H and O–H groups in total. The molecule has 1 amide bonds. The highest BCUT2D eigenvalue weighted by atomic mass is 35.5. The molecule has 1 unspecified atom stereocenters. The Bertz CT molecular complexity index is 513. The van der Waals surface area contributed by atoms with Gasteiger partial charge in [-0.05, 0) is 51.4 Å². The first-order valence-corrected chi connectivity index (χ1v) is 7.38. The zero-order valence-electron chi connectivity index (χ0n) is 13.2. The zero-order valence-corrected chi connectivity index (χ0v) is 14.0. The minimum Gasteiger partial charge on any atom is -0.496 e. The third-order valence-corrected chi connectivity index (χ3v) is 4.01. The van der Waals surface area contributed by atoms with E-state index in [1.165, 1.54) is 12.1 Å². The molecule has 1 fully saturated rings. The minimum absolute atomic E-state index is 0. The number of benzene rings is 1. The Balaban J connectivity index is 0.00000242. The van der Waals surface area contributed by atoms with E-state index < -0.39 is 0 Å². The Morgan fingerprint density at radius 3 is 2.86 bits per heavy atom. The molecule has 0 aromatic heterocycles. The number of hydrogen-bond acceptors (Lipinski definition) is 3. The van der Waals surface area contributed by atoms with Crippen LogP contribution in [0.25, 0.3) is 0 Å². The van der Waals surface area contributed by atoms with Gasteiger partial charge in [0.15, 0.2) is 0 Å². The first kappa shape index (κ1) is 18.7. The average molecular weight is 331 g/mol. The van der Waals surface area contributed by atoms with Crippen LogP contribution in [0.2, 0.25) is 0 Å². The van der Waals surface area contributed by atoms with Gasteiger partial charge >= 0.3 is 0 Å². The van der Waals surface area contributed by atoms with Crippen molar-refractivity contribution in [1.29, 1.82) is 0 Å². The molecule has 0 radical (unpaired) electrons. The second-order valence-electron chi connectivity index (χ2n) is 5.69. The lowest BCUT2D eigenvalue weighted by molar-refractivity contribution is -0.126. The van der Waals surface area contributed by atoms with Crippen molar-refractivity contribution >= 4 is 18.3 Å². The van der Waals surface area contributed by atoms with E-state index in [1.54, 1.807) is 13.2 Å². The van der Waals surface area contributed by atoms with Crippen LogP contribution in [0.4, 0.5) is 4.39 Å². The van der Waals surface area contributed by atoms with Crippen molar-refractivity contribution in [3.63, 3.8) is 0 Å². The fourth-order valence-electron chi connectivity index (χ4n) is 2.82. The van der Waals surface area contributed by atoms with Crippen LogP contribution in [-0.4, -0.2) is 25.6 Å². The quantitative estimate of drug-likeness (QED) is 0.892. The zero-order chi connectivity index (χ0) is 15.4. The maximum Gasteiger partial charge on any atom is 0.223 e. The summed E-state index contributed by atoms with van der Waals surface area (Å²) >= 11 is 0. The van der Waals surface area contributed by atoms with Crippen molar-refractivity contribution in [2.24, 2.45) is 5.92 Å². The predicted molar refractivity (Wildman–Crippen MR) is 86.9 cm³/mol. The molecular weight excluding hydrogens is 307 g/mol. The van der Waals surface area contributed by atoms with E-state index in [0.717, 1.165) is 19.4 Å². The molecule has 1 saturated heterocycles. The van der Waals surface area contributed by atoms with Gasteiger partial charge in [-0.25, -0.2) is 4.39 Å². The van der Waals surface area contributed by atoms with E-state index in [4.69, 9.17) is 4.74 Å². The van der Waals surface area contributed by atoms with Gasteiger partial charge in [0.2, 0.25) is 5.91 Å². The third kappa shape index (κ3) is 4.58. The van der Waals surface area contributed by atoms with E-state index in [9.17, 15) is 9.18 Å². The molecule has 1 aromatic carbocycles. The average Bonchev–Trinajstić information content (AvgIpc) is 2.47. The maximum absolute atomic E-state index is 13.4. The van der Waals surface area contributed by atoms with E-state index in [2.05, 4.69) is 17.6 Å². The van der Waals surface area contributed by atoms with Crippen LogP contribution in [0, 0.1) is 11.7 Å². The van der Waals surface area contributed by atoms with E-state index >= 15 is 0 Å². The maximum atomic E-state index is 13.4. The summed E-state index contributed by atoms with van der Waals surface area (Å²) in [5.74, 6) is 0.302. The van der Waals surface area contributed by atoms with Crippen molar-refractivity contribution in [2.75, 3.05) is 13.7 Å². The van der Waals surface area contributed by atoms with E-state index in [1.807, 2.05) is 6.92 Å². The summed E-state index contributed by atoms with van der Waals surface area (Å²) in [7, 11) is 1.54. The highest BCUT2D eigenvalue weighted by Crippen LogP contribution is 2.26. The predicted octanol–water partition coefficient (Wildman–Crippen LogP) is 2.82. The van der Waals surface area contributed by atoms with Gasteiger partial charge in [-0.15, -0.1) is 12.4 Å². The SMILES string of the molecule is COc1ccc(F)cc1C(C)NC(=O)[C@H]1CCN[C@@H](C)C1.Cl. The summed E-state index contributed by atoms with van der Waals surface area (Å²) in [4.78, 5) is 12.3. The molecule has 1 heterocycles. The topological polar surface area (TPSA) is 50.4 Å². The monoisotopic (exact) mass is 330 g/mol. The normalized spacial score (nSPS) is 22.4. The number of amides is 1. The smallest absolute Gasteiger partial charge is 0.223 e. The number of ether oxygens (including phenoxy) is 1. The van der Waals surface area contributed by atoms with Crippen molar-refractivity contribution in [1.82, 2.24) is 10.6 Å². The number of carbonyl (C=O) groups is 1. The van der Waals surface area contributed by atoms with Crippen LogP contribution in [0.1, 0.15) is 38.3 Å². The van der Waals surface area contributed by atoms with Gasteiger partial charge in [0.05, 0.1) is 13.2 Å². The first-order chi connectivity index (χ1) is 10.0. The first-order valence-electron chi connectivity index (χ1n) is 7.38. The Kier molecular flexibility index (Phi) is 7.10. The fourth-order valence-corrected chi connectivity index (χ4v) is 2.82. The number of halogens is 2. The van der Waals surface area contributed by atoms with Crippen LogP contribution in [0.3, 0.4) is 0 Å². The molecule has 0 saturated carbocycles. The molecule has 1 aromatic rings. The number of nitrogens with one attached hydrogen (secondary N) is 2. The van der Waals surface area contributed by atoms with Crippen molar-refractivity contribution in [3.8, 4) is 5.75 Å². The lowest BCUT2D eigenvalue weighted by Crippen LogP contribution is -2.43. The molecular formula is C16H24ClFN2O2. The largest absolute Gasteiger partial charge is 0.496 e. The third-order valence-electron chi connectivity index (χ3n) is 4.01. The highest BCUT2D eigenvalue weighted by Gasteiger charge is 2.26. The van der Waals surface area contributed by atoms with Gasteiger partial charge in [0, 0.05) is 17.5 Å². The van der Waals surface area contributed by atoms with Gasteiger partial charge in [0.1, 0.15) is 11.6 Å². The summed E-state index contributed by atoms with van der Waals surface area (Å²) in [5.41, 5.74) is 0.660. The standard InChI is InChI=1S/C16H23FN2O2.ClH/c1-10-8-12(6-7-18-10)16(20)19-11(2)14-9-13(17)4-5-15(14)21-3;/h4-5,9-12,18H,6-8H2,1-3H3,(H,19,20);1H/t10-,11?,12-;/m0./s1. The van der Waals surface area contributed by atoms with E-state index in [-0.39, 0.29) is 36.1 Å². The van der Waals surface area contributed by atoms with Crippen LogP contribution in [0.15, 0.2) is 18.2 Å². The van der Waals surface area contributed by atoms with Crippen LogP contribution < -0.4 is 15.4 Å². The summed E-state index contributed by atoms with van der Waals surface area (Å²) < 4.78 is 18.6. The number of hydrogen-bond donors (Lipinski definition) is 2. The summed E-state index contributed by atoms with van der Waals surface area (Å²) in [5, 5.41) is 6.30. The van der Waals surface area contributed by atoms with Gasteiger partial charge in [-0.2, -0.15) is 0 Å². The lowest BCUT2D eigenvalue weighted by Gasteiger charge is -2.28. The molecule has 124 valence electrons. The van der Waals surface area contributed by atoms with Crippen LogP contribution >= 0.6 is 12.4 Å². The van der Waals surface area contributed by atoms with E-state index in [0.29, 0.717) is 17.4 Å². The van der Waals surface area contributed by atoms with Crippen molar-refractivity contribution in [2.45, 2.75) is 38.8 Å². The molecule has 0 bridgehead atoms. The molecule has 2 rings (SSSR count). The van der Waals surface area contributed by atoms with Gasteiger partial charge in [0.25, 0.3) is 0 Å². The highest BCUT2D eigenvalue weighted by molar-refractivity contribution is 5.85. The fraction of sp³-hybridized carbons (Fsp3) is 0.562. The summed E-state index contributed by atoms with van der Waals surface area (Å²) in [6, 6.07) is 4.42. The molecule has 0 spiro atoms. The second-order valence-corrected chi connectivity index (χ2v) is 5.69. The molecule has 0 aliphatic carbocycles. The molecule has 3 atom stereocenters. The molecule has 22 heavy (non-hydrogen) atoms. The van der Waals surface area contributed by atoms with Gasteiger partial charge in [-0.1, -0.05) is 0 Å². The minimum atomic E-state index is -0.331. The molecule has 1 aliphatic rings. The summed E-state index contributed by atoms with van der Waals surface area (Å²) in [6.07, 6.45) is 1.67. The van der Waals surface area contributed by atoms with Gasteiger partial charge < -0.3 is 15.4 Å². The summed E-state index contributed by atoms with van der Waals surface area (Å²) in [6.45, 7) is 4.79. The molecule has 4 nitrogen and oxygen atoms in total. The number of piperidine rings is 1. The second kappa shape index (κ2) is 8.34. The van der Waals surface area contributed by atoms with Crippen LogP contribution in [0.5, 0.6) is 5.75 Å². The van der Waals surface area contributed by atoms with Gasteiger partial charge in [-0.3, -0.25) is 4.79 Å². The Hall–Kier alpha value is -1.33. The Morgan fingerprint density at radius 1 is 1.50 bits per heavy atom. The number of carbonyl (C=O) groups excluding carboxylic acids is 1. The van der Waals surface area contributed by atoms with Crippen molar-refractivity contribution in [3.05, 3.63) is 29.6 Å². The molecule has 6 heteroatoms. The lowest BCUT2D eigenvalue weighted by atomic mass is 9.92. The Morgan fingerprint density at radius 2 is 2.23 bits per heavy atom. The number of methoxy groups -OCH3 is 1. The number of rotatable bonds is 4. The van der Waals surface area contributed by atoms with Crippen molar-refractivity contribution < 1.29 is 13.9 Å².